The molecular weight excluding hydrogens is 323 g/mol. The van der Waals surface area contributed by atoms with Crippen molar-refractivity contribution in [2.75, 3.05) is 6.61 Å². The van der Waals surface area contributed by atoms with Crippen LogP contribution in [0.2, 0.25) is 0 Å². The molecule has 0 saturated carbocycles. The second-order valence-electron chi connectivity index (χ2n) is 5.14. The summed E-state index contributed by atoms with van der Waals surface area (Å²) in [7, 11) is 0. The summed E-state index contributed by atoms with van der Waals surface area (Å²) in [6.45, 7) is 1.96. The lowest BCUT2D eigenvalue weighted by Gasteiger charge is -2.17. The van der Waals surface area contributed by atoms with Crippen molar-refractivity contribution in [2.24, 2.45) is 0 Å². The molecule has 1 saturated heterocycles. The fraction of sp³-hybridized carbons (Fsp3) is 0.438. The zero-order chi connectivity index (χ0) is 17.7. The highest BCUT2D eigenvalue weighted by Crippen LogP contribution is 2.28. The van der Waals surface area contributed by atoms with Gasteiger partial charge >= 0.3 is 17.9 Å². The van der Waals surface area contributed by atoms with Gasteiger partial charge in [0.25, 0.3) is 0 Å². The molecule has 1 heterocycles. The molecule has 1 aliphatic heterocycles. The minimum absolute atomic E-state index is 0.223. The summed E-state index contributed by atoms with van der Waals surface area (Å²) in [6, 6.07) is 7.98. The van der Waals surface area contributed by atoms with E-state index in [9.17, 15) is 18.8 Å². The monoisotopic (exact) mass is 340 g/mol. The number of alkyl halides is 1. The van der Waals surface area contributed by atoms with Crippen LogP contribution in [0.1, 0.15) is 24.2 Å². The minimum atomic E-state index is -1.90. The second-order valence-corrected chi connectivity index (χ2v) is 5.14. The highest BCUT2D eigenvalue weighted by Gasteiger charge is 2.50. The van der Waals surface area contributed by atoms with Crippen LogP contribution in [-0.2, 0) is 28.5 Å². The first-order chi connectivity index (χ1) is 11.4. The predicted octanol–water partition coefficient (Wildman–Crippen LogP) is 1.40. The normalized spacial score (nSPS) is 25.8. The topological polar surface area (TPSA) is 88.1 Å². The van der Waals surface area contributed by atoms with Crippen LogP contribution in [0.4, 0.5) is 4.39 Å². The number of hydrogen-bond donors (Lipinski definition) is 0. The molecule has 1 fully saturated rings. The summed E-state index contributed by atoms with van der Waals surface area (Å²) in [4.78, 5) is 34.0. The van der Waals surface area contributed by atoms with E-state index in [-0.39, 0.29) is 12.2 Å². The van der Waals surface area contributed by atoms with Gasteiger partial charge in [0.05, 0.1) is 5.56 Å². The smallest absolute Gasteiger partial charge is 0.340 e. The summed E-state index contributed by atoms with van der Waals surface area (Å²) in [6.07, 6.45) is -5.87. The third-order valence-corrected chi connectivity index (χ3v) is 3.23. The number of rotatable bonds is 5. The van der Waals surface area contributed by atoms with Crippen LogP contribution >= 0.6 is 0 Å². The molecule has 0 amide bonds. The number of hydrogen-bond acceptors (Lipinski definition) is 7. The molecule has 2 rings (SSSR count). The van der Waals surface area contributed by atoms with Crippen LogP contribution < -0.4 is 0 Å². The first-order valence-corrected chi connectivity index (χ1v) is 7.24. The van der Waals surface area contributed by atoms with Crippen molar-refractivity contribution < 1.29 is 37.7 Å². The molecule has 1 aromatic carbocycles. The second kappa shape index (κ2) is 7.87. The molecule has 0 aromatic heterocycles. The molecule has 7 nitrogen and oxygen atoms in total. The van der Waals surface area contributed by atoms with Gasteiger partial charge in [0.1, 0.15) is 12.7 Å². The van der Waals surface area contributed by atoms with Gasteiger partial charge in [-0.2, -0.15) is 0 Å². The summed E-state index contributed by atoms with van der Waals surface area (Å²) in [5.41, 5.74) is 0.223. The Kier molecular flexibility index (Phi) is 5.86. The molecule has 0 N–H and O–H groups in total. The summed E-state index contributed by atoms with van der Waals surface area (Å²) < 4.78 is 34.3. The molecule has 0 spiro atoms. The third kappa shape index (κ3) is 4.51. The zero-order valence-corrected chi connectivity index (χ0v) is 13.1. The highest BCUT2D eigenvalue weighted by atomic mass is 19.1. The summed E-state index contributed by atoms with van der Waals surface area (Å²) >= 11 is 0. The van der Waals surface area contributed by atoms with E-state index in [0.29, 0.717) is 0 Å². The molecular formula is C16H17FO7. The predicted molar refractivity (Wildman–Crippen MR) is 77.6 cm³/mol. The maximum atomic E-state index is 14.4. The molecule has 8 heteroatoms. The van der Waals surface area contributed by atoms with Crippen molar-refractivity contribution in [1.29, 1.82) is 0 Å². The van der Waals surface area contributed by atoms with Gasteiger partial charge in [-0.05, 0) is 12.1 Å². The Balaban J connectivity index is 2.06. The average Bonchev–Trinajstić information content (AvgIpc) is 2.82. The van der Waals surface area contributed by atoms with Gasteiger partial charge in [-0.25, -0.2) is 9.18 Å². The van der Waals surface area contributed by atoms with Crippen LogP contribution in [-0.4, -0.2) is 49.2 Å². The Hall–Kier alpha value is -2.48. The van der Waals surface area contributed by atoms with E-state index in [1.165, 1.54) is 19.1 Å². The number of carbonyl (C=O) groups excluding carboxylic acids is 3. The van der Waals surface area contributed by atoms with Crippen molar-refractivity contribution in [2.45, 2.75) is 38.5 Å². The van der Waals surface area contributed by atoms with Gasteiger partial charge in [0.15, 0.2) is 6.10 Å². The third-order valence-electron chi connectivity index (χ3n) is 3.23. The van der Waals surface area contributed by atoms with Gasteiger partial charge in [0.2, 0.25) is 12.5 Å². The zero-order valence-electron chi connectivity index (χ0n) is 13.1. The minimum Gasteiger partial charge on any atom is -0.463 e. The average molecular weight is 340 g/mol. The molecule has 24 heavy (non-hydrogen) atoms. The van der Waals surface area contributed by atoms with E-state index < -0.39 is 42.6 Å². The molecule has 1 aliphatic rings. The van der Waals surface area contributed by atoms with E-state index in [4.69, 9.17) is 18.9 Å². The van der Waals surface area contributed by atoms with E-state index in [2.05, 4.69) is 0 Å². The Morgan fingerprint density at radius 1 is 1.08 bits per heavy atom. The molecule has 1 aromatic rings. The van der Waals surface area contributed by atoms with E-state index in [1.54, 1.807) is 18.2 Å². The van der Waals surface area contributed by atoms with Gasteiger partial charge < -0.3 is 18.9 Å². The lowest BCUT2D eigenvalue weighted by molar-refractivity contribution is -0.159. The quantitative estimate of drug-likeness (QED) is 0.591. The summed E-state index contributed by atoms with van der Waals surface area (Å²) in [5, 5.41) is 0. The van der Waals surface area contributed by atoms with Crippen LogP contribution in [0, 0.1) is 0 Å². The number of carbonyl (C=O) groups is 3. The van der Waals surface area contributed by atoms with Gasteiger partial charge in [-0.15, -0.1) is 0 Å². The number of ether oxygens (including phenoxy) is 4. The molecule has 0 bridgehead atoms. The highest BCUT2D eigenvalue weighted by molar-refractivity contribution is 5.89. The lowest BCUT2D eigenvalue weighted by atomic mass is 10.1. The molecule has 0 radical (unpaired) electrons. The van der Waals surface area contributed by atoms with Crippen LogP contribution in [0.15, 0.2) is 30.3 Å². The standard InChI is InChI=1S/C16H17FO7/c1-9(18)21-8-12-14(22-10(2)19)13(17)16(23-12)24-15(20)11-6-4-3-5-7-11/h3-7,12-14,16H,8H2,1-2H3. The Labute approximate surface area is 137 Å². The van der Waals surface area contributed by atoms with Crippen molar-refractivity contribution in [1.82, 2.24) is 0 Å². The molecule has 4 atom stereocenters. The molecule has 130 valence electrons. The number of halogens is 1. The van der Waals surface area contributed by atoms with Crippen LogP contribution in [0.3, 0.4) is 0 Å². The molecule has 0 aliphatic carbocycles. The first kappa shape index (κ1) is 17.9. The van der Waals surface area contributed by atoms with E-state index in [1.807, 2.05) is 0 Å². The van der Waals surface area contributed by atoms with Crippen LogP contribution in [0.5, 0.6) is 0 Å². The number of esters is 3. The van der Waals surface area contributed by atoms with Gasteiger partial charge in [-0.3, -0.25) is 9.59 Å². The van der Waals surface area contributed by atoms with E-state index in [0.717, 1.165) is 6.92 Å². The maximum absolute atomic E-state index is 14.4. The maximum Gasteiger partial charge on any atom is 0.340 e. The lowest BCUT2D eigenvalue weighted by Crippen LogP contribution is -2.37. The number of benzene rings is 1. The van der Waals surface area contributed by atoms with Gasteiger partial charge in [0, 0.05) is 13.8 Å². The van der Waals surface area contributed by atoms with Crippen LogP contribution in [0.25, 0.3) is 0 Å². The van der Waals surface area contributed by atoms with Crippen molar-refractivity contribution in [3.63, 3.8) is 0 Å². The Morgan fingerprint density at radius 2 is 1.75 bits per heavy atom. The molecule has 4 unspecified atom stereocenters. The van der Waals surface area contributed by atoms with Crippen molar-refractivity contribution >= 4 is 17.9 Å². The Morgan fingerprint density at radius 3 is 2.33 bits per heavy atom. The first-order valence-electron chi connectivity index (χ1n) is 7.24. The largest absolute Gasteiger partial charge is 0.463 e. The summed E-state index contributed by atoms with van der Waals surface area (Å²) in [5.74, 6) is -2.10. The van der Waals surface area contributed by atoms with Crippen molar-refractivity contribution in [3.8, 4) is 0 Å². The Bertz CT molecular complexity index is 604. The van der Waals surface area contributed by atoms with Gasteiger partial charge in [-0.1, -0.05) is 18.2 Å². The SMILES string of the molecule is CC(=O)OCC1OC(OC(=O)c2ccccc2)C(F)C1OC(C)=O. The van der Waals surface area contributed by atoms with Crippen molar-refractivity contribution in [3.05, 3.63) is 35.9 Å². The fourth-order valence-electron chi connectivity index (χ4n) is 2.19. The van der Waals surface area contributed by atoms with E-state index >= 15 is 0 Å². The fourth-order valence-corrected chi connectivity index (χ4v) is 2.19.